The molecule has 0 radical (unpaired) electrons. The van der Waals surface area contributed by atoms with Crippen LogP contribution in [0.4, 0.5) is 8.78 Å². The first-order chi connectivity index (χ1) is 5.95. The molecule has 0 amide bonds. The molecular weight excluding hydrogens is 170 g/mol. The molecule has 0 fully saturated rings. The highest BCUT2D eigenvalue weighted by atomic mass is 19.2. The lowest BCUT2D eigenvalue weighted by molar-refractivity contribution is 0.487. The summed E-state index contributed by atoms with van der Waals surface area (Å²) in [6, 6.07) is 1.69. The van der Waals surface area contributed by atoms with Crippen LogP contribution in [0, 0.1) is 25.5 Å². The van der Waals surface area contributed by atoms with E-state index in [0.29, 0.717) is 11.1 Å². The molecule has 0 aliphatic heterocycles. The van der Waals surface area contributed by atoms with Crippen LogP contribution in [-0.2, 0) is 0 Å². The molecule has 0 heterocycles. The van der Waals surface area contributed by atoms with E-state index >= 15 is 0 Å². The van der Waals surface area contributed by atoms with E-state index in [1.54, 1.807) is 13.0 Å². The molecule has 0 saturated carbocycles. The maximum absolute atomic E-state index is 13.4. The van der Waals surface area contributed by atoms with E-state index in [2.05, 4.69) is 0 Å². The number of aryl methyl sites for hydroxylation is 2. The Morgan fingerprint density at radius 1 is 1.00 bits per heavy atom. The largest absolute Gasteiger partial charge is 0.203 e. The molecule has 0 N–H and O–H groups in total. The van der Waals surface area contributed by atoms with Crippen LogP contribution in [0.25, 0.3) is 0 Å². The molecular formula is C11H14F2. The molecule has 0 spiro atoms. The summed E-state index contributed by atoms with van der Waals surface area (Å²) in [5.74, 6) is -1.38. The van der Waals surface area contributed by atoms with Gasteiger partial charge in [0.15, 0.2) is 11.6 Å². The Hall–Kier alpha value is -0.920. The van der Waals surface area contributed by atoms with Gasteiger partial charge < -0.3 is 0 Å². The lowest BCUT2D eigenvalue weighted by atomic mass is 9.95. The second-order valence-corrected chi connectivity index (χ2v) is 3.71. The Morgan fingerprint density at radius 3 is 2.00 bits per heavy atom. The fourth-order valence-electron chi connectivity index (χ4n) is 1.64. The minimum absolute atomic E-state index is 0.0232. The topological polar surface area (TPSA) is 0 Å². The van der Waals surface area contributed by atoms with Crippen molar-refractivity contribution in [1.82, 2.24) is 0 Å². The molecule has 0 saturated heterocycles. The van der Waals surface area contributed by atoms with Gasteiger partial charge in [0.25, 0.3) is 0 Å². The van der Waals surface area contributed by atoms with Gasteiger partial charge in [-0.2, -0.15) is 0 Å². The summed E-state index contributed by atoms with van der Waals surface area (Å²) in [6.07, 6.45) is 0. The quantitative estimate of drug-likeness (QED) is 0.624. The van der Waals surface area contributed by atoms with Crippen molar-refractivity contribution in [3.8, 4) is 0 Å². The van der Waals surface area contributed by atoms with Crippen LogP contribution in [-0.4, -0.2) is 0 Å². The minimum atomic E-state index is -0.714. The zero-order valence-corrected chi connectivity index (χ0v) is 8.41. The molecule has 0 aromatic heterocycles. The van der Waals surface area contributed by atoms with E-state index in [1.807, 2.05) is 20.8 Å². The molecule has 0 unspecified atom stereocenters. The van der Waals surface area contributed by atoms with Crippen LogP contribution in [0.2, 0.25) is 0 Å². The van der Waals surface area contributed by atoms with Crippen LogP contribution in [0.15, 0.2) is 6.07 Å². The van der Waals surface area contributed by atoms with Crippen molar-refractivity contribution in [3.05, 3.63) is 34.4 Å². The Balaban J connectivity index is 3.44. The van der Waals surface area contributed by atoms with Gasteiger partial charge in [0.1, 0.15) is 0 Å². The number of hydrogen-bond donors (Lipinski definition) is 0. The molecule has 0 aliphatic rings. The summed E-state index contributed by atoms with van der Waals surface area (Å²) in [6.45, 7) is 7.11. The Bertz CT molecular complexity index is 327. The average Bonchev–Trinajstić information content (AvgIpc) is 1.99. The lowest BCUT2D eigenvalue weighted by Crippen LogP contribution is -2.02. The first-order valence-corrected chi connectivity index (χ1v) is 4.40. The highest BCUT2D eigenvalue weighted by Crippen LogP contribution is 2.26. The van der Waals surface area contributed by atoms with Crippen LogP contribution < -0.4 is 0 Å². The van der Waals surface area contributed by atoms with Gasteiger partial charge in [-0.05, 0) is 36.5 Å². The monoisotopic (exact) mass is 184 g/mol. The van der Waals surface area contributed by atoms with Crippen molar-refractivity contribution >= 4 is 0 Å². The molecule has 1 rings (SSSR count). The fraction of sp³-hybridized carbons (Fsp3) is 0.455. The zero-order valence-electron chi connectivity index (χ0n) is 8.41. The summed E-state index contributed by atoms with van der Waals surface area (Å²) in [4.78, 5) is 0. The van der Waals surface area contributed by atoms with Crippen LogP contribution in [0.1, 0.15) is 36.5 Å². The fourth-order valence-corrected chi connectivity index (χ4v) is 1.64. The normalized spacial score (nSPS) is 11.0. The van der Waals surface area contributed by atoms with Gasteiger partial charge in [0, 0.05) is 0 Å². The van der Waals surface area contributed by atoms with Gasteiger partial charge in [0.2, 0.25) is 0 Å². The molecule has 0 aliphatic carbocycles. The number of benzene rings is 1. The number of rotatable bonds is 1. The molecule has 0 nitrogen and oxygen atoms in total. The van der Waals surface area contributed by atoms with Crippen LogP contribution in [0.3, 0.4) is 0 Å². The second-order valence-electron chi connectivity index (χ2n) is 3.71. The first-order valence-electron chi connectivity index (χ1n) is 4.40. The third kappa shape index (κ3) is 1.71. The van der Waals surface area contributed by atoms with E-state index in [4.69, 9.17) is 0 Å². The average molecular weight is 184 g/mol. The standard InChI is InChI=1S/C11H14F2/c1-6(2)9-7(3)5-8(4)10(12)11(9)13/h5-6H,1-4H3. The predicted molar refractivity (Wildman–Crippen MR) is 49.9 cm³/mol. The van der Waals surface area contributed by atoms with E-state index in [-0.39, 0.29) is 5.92 Å². The van der Waals surface area contributed by atoms with E-state index in [0.717, 1.165) is 5.56 Å². The first kappa shape index (κ1) is 10.2. The molecule has 72 valence electrons. The van der Waals surface area contributed by atoms with Gasteiger partial charge in [-0.1, -0.05) is 19.9 Å². The third-order valence-corrected chi connectivity index (χ3v) is 2.21. The van der Waals surface area contributed by atoms with Crippen molar-refractivity contribution in [2.24, 2.45) is 0 Å². The van der Waals surface area contributed by atoms with Crippen molar-refractivity contribution in [1.29, 1.82) is 0 Å². The highest BCUT2D eigenvalue weighted by Gasteiger charge is 2.16. The molecule has 0 atom stereocenters. The van der Waals surface area contributed by atoms with Gasteiger partial charge in [-0.25, -0.2) is 8.78 Å². The smallest absolute Gasteiger partial charge is 0.162 e. The van der Waals surface area contributed by atoms with Gasteiger partial charge in [-0.15, -0.1) is 0 Å². The molecule has 2 heteroatoms. The summed E-state index contributed by atoms with van der Waals surface area (Å²) in [7, 11) is 0. The van der Waals surface area contributed by atoms with Gasteiger partial charge >= 0.3 is 0 Å². The van der Waals surface area contributed by atoms with Crippen molar-refractivity contribution in [2.75, 3.05) is 0 Å². The van der Waals surface area contributed by atoms with Crippen molar-refractivity contribution in [3.63, 3.8) is 0 Å². The Kier molecular flexibility index (Phi) is 2.69. The second kappa shape index (κ2) is 3.44. The van der Waals surface area contributed by atoms with E-state index < -0.39 is 11.6 Å². The maximum Gasteiger partial charge on any atom is 0.162 e. The third-order valence-electron chi connectivity index (χ3n) is 2.21. The Labute approximate surface area is 77.6 Å². The molecule has 0 bridgehead atoms. The van der Waals surface area contributed by atoms with Crippen molar-refractivity contribution in [2.45, 2.75) is 33.6 Å². The SMILES string of the molecule is Cc1cc(C)c(C(C)C)c(F)c1F. The molecule has 13 heavy (non-hydrogen) atoms. The predicted octanol–water partition coefficient (Wildman–Crippen LogP) is 3.71. The zero-order chi connectivity index (χ0) is 10.2. The van der Waals surface area contributed by atoms with E-state index in [9.17, 15) is 8.78 Å². The lowest BCUT2D eigenvalue weighted by Gasteiger charge is -2.12. The van der Waals surface area contributed by atoms with Crippen LogP contribution in [0.5, 0.6) is 0 Å². The summed E-state index contributed by atoms with van der Waals surface area (Å²) < 4.78 is 26.6. The summed E-state index contributed by atoms with van der Waals surface area (Å²) in [5, 5.41) is 0. The van der Waals surface area contributed by atoms with Gasteiger partial charge in [-0.3, -0.25) is 0 Å². The van der Waals surface area contributed by atoms with Crippen LogP contribution >= 0.6 is 0 Å². The maximum atomic E-state index is 13.4. The Morgan fingerprint density at radius 2 is 1.54 bits per heavy atom. The summed E-state index contributed by atoms with van der Waals surface area (Å²) >= 11 is 0. The number of halogens is 2. The number of hydrogen-bond acceptors (Lipinski definition) is 0. The highest BCUT2D eigenvalue weighted by molar-refractivity contribution is 5.35. The minimum Gasteiger partial charge on any atom is -0.203 e. The van der Waals surface area contributed by atoms with Crippen molar-refractivity contribution < 1.29 is 8.78 Å². The van der Waals surface area contributed by atoms with Gasteiger partial charge in [0.05, 0.1) is 0 Å². The molecule has 1 aromatic carbocycles. The molecule has 1 aromatic rings. The van der Waals surface area contributed by atoms with E-state index in [1.165, 1.54) is 0 Å². The summed E-state index contributed by atoms with van der Waals surface area (Å²) in [5.41, 5.74) is 1.69.